The zero-order chi connectivity index (χ0) is 18.7. The molecule has 25 heavy (non-hydrogen) atoms. The van der Waals surface area contributed by atoms with Gasteiger partial charge < -0.3 is 10.4 Å². The van der Waals surface area contributed by atoms with E-state index in [1.165, 1.54) is 17.4 Å². The van der Waals surface area contributed by atoms with Gasteiger partial charge in [-0.1, -0.05) is 13.0 Å². The zero-order valence-corrected chi connectivity index (χ0v) is 16.0. The average molecular weight is 383 g/mol. The summed E-state index contributed by atoms with van der Waals surface area (Å²) in [6, 6.07) is 8.17. The number of carbonyl (C=O) groups is 1. The van der Waals surface area contributed by atoms with Gasteiger partial charge in [0.1, 0.15) is 5.60 Å². The third-order valence-electron chi connectivity index (χ3n) is 3.73. The number of hydrogen-bond donors (Lipinski definition) is 3. The Morgan fingerprint density at radius 2 is 2.04 bits per heavy atom. The molecule has 0 aliphatic rings. The molecule has 2 rings (SSSR count). The number of benzene rings is 1. The third-order valence-corrected chi connectivity index (χ3v) is 6.41. The van der Waals surface area contributed by atoms with E-state index in [1.807, 2.05) is 5.38 Å². The van der Waals surface area contributed by atoms with Crippen molar-refractivity contribution in [1.82, 2.24) is 4.72 Å². The van der Waals surface area contributed by atoms with Crippen molar-refractivity contribution in [1.29, 1.82) is 0 Å². The maximum Gasteiger partial charge on any atom is 0.240 e. The number of carbonyl (C=O) groups excluding carboxylic acids is 1. The van der Waals surface area contributed by atoms with Crippen molar-refractivity contribution in [3.63, 3.8) is 0 Å². The topological polar surface area (TPSA) is 95.5 Å². The van der Waals surface area contributed by atoms with E-state index in [0.29, 0.717) is 22.5 Å². The van der Waals surface area contributed by atoms with Crippen LogP contribution in [0.15, 0.2) is 40.6 Å². The predicted octanol–water partition coefficient (Wildman–Crippen LogP) is 2.59. The maximum atomic E-state index is 12.6. The minimum atomic E-state index is -3.78. The van der Waals surface area contributed by atoms with Crippen LogP contribution in [0.3, 0.4) is 0 Å². The number of hydrogen-bond acceptors (Lipinski definition) is 5. The number of nitrogens with one attached hydrogen (secondary N) is 2. The lowest BCUT2D eigenvalue weighted by atomic mass is 10.1. The van der Waals surface area contributed by atoms with E-state index in [4.69, 9.17) is 0 Å². The minimum Gasteiger partial charge on any atom is -0.383 e. The molecule has 1 atom stereocenters. The largest absolute Gasteiger partial charge is 0.383 e. The molecule has 0 aliphatic heterocycles. The third kappa shape index (κ3) is 4.88. The monoisotopic (exact) mass is 382 g/mol. The molecule has 0 unspecified atom stereocenters. The summed E-state index contributed by atoms with van der Waals surface area (Å²) in [5, 5.41) is 15.0. The standard InChI is InChI=1S/C17H22N2O4S2/c1-4-16(20)19-13-7-8-14(12(2)10-13)25(22,23)18-11-17(3,21)15-6-5-9-24-15/h5-10,18,21H,4,11H2,1-3H3,(H,19,20)/t17-/m0/s1. The molecule has 1 amide bonds. The molecule has 0 bridgehead atoms. The lowest BCUT2D eigenvalue weighted by Gasteiger charge is -2.22. The SMILES string of the molecule is CCC(=O)Nc1ccc(S(=O)(=O)NC[C@](C)(O)c2cccs2)c(C)c1. The first kappa shape index (κ1) is 19.6. The van der Waals surface area contributed by atoms with Crippen LogP contribution in [0.1, 0.15) is 30.7 Å². The highest BCUT2D eigenvalue weighted by atomic mass is 32.2. The van der Waals surface area contributed by atoms with Gasteiger partial charge in [0, 0.05) is 23.5 Å². The van der Waals surface area contributed by atoms with Gasteiger partial charge in [-0.2, -0.15) is 0 Å². The highest BCUT2D eigenvalue weighted by Gasteiger charge is 2.27. The highest BCUT2D eigenvalue weighted by Crippen LogP contribution is 2.26. The zero-order valence-electron chi connectivity index (χ0n) is 14.4. The van der Waals surface area contributed by atoms with Gasteiger partial charge in [-0.25, -0.2) is 13.1 Å². The summed E-state index contributed by atoms with van der Waals surface area (Å²) in [4.78, 5) is 12.2. The first-order valence-electron chi connectivity index (χ1n) is 7.82. The fourth-order valence-corrected chi connectivity index (χ4v) is 4.41. The van der Waals surface area contributed by atoms with Crippen LogP contribution in [0.2, 0.25) is 0 Å². The Morgan fingerprint density at radius 3 is 2.60 bits per heavy atom. The van der Waals surface area contributed by atoms with E-state index < -0.39 is 15.6 Å². The number of aliphatic hydroxyl groups is 1. The van der Waals surface area contributed by atoms with E-state index in [-0.39, 0.29) is 17.3 Å². The molecular weight excluding hydrogens is 360 g/mol. The molecule has 0 fully saturated rings. The van der Waals surface area contributed by atoms with Crippen LogP contribution in [0, 0.1) is 6.92 Å². The van der Waals surface area contributed by atoms with Crippen LogP contribution in [0.4, 0.5) is 5.69 Å². The average Bonchev–Trinajstić information content (AvgIpc) is 3.08. The first-order chi connectivity index (χ1) is 11.7. The van der Waals surface area contributed by atoms with Gasteiger partial charge in [-0.05, 0) is 49.1 Å². The van der Waals surface area contributed by atoms with Crippen molar-refractivity contribution >= 4 is 33.0 Å². The lowest BCUT2D eigenvalue weighted by molar-refractivity contribution is -0.115. The van der Waals surface area contributed by atoms with Gasteiger partial charge in [0.05, 0.1) is 4.90 Å². The van der Waals surface area contributed by atoms with Crippen LogP contribution in [0.5, 0.6) is 0 Å². The number of aryl methyl sites for hydroxylation is 1. The highest BCUT2D eigenvalue weighted by molar-refractivity contribution is 7.89. The summed E-state index contributed by atoms with van der Waals surface area (Å²) in [7, 11) is -3.78. The lowest BCUT2D eigenvalue weighted by Crippen LogP contribution is -2.38. The van der Waals surface area contributed by atoms with Crippen LogP contribution in [-0.4, -0.2) is 26.0 Å². The quantitative estimate of drug-likeness (QED) is 0.686. The van der Waals surface area contributed by atoms with E-state index in [1.54, 1.807) is 45.0 Å². The molecule has 2 aromatic rings. The van der Waals surface area contributed by atoms with Crippen molar-refractivity contribution in [3.8, 4) is 0 Å². The van der Waals surface area contributed by atoms with Gasteiger partial charge in [0.2, 0.25) is 15.9 Å². The molecule has 1 aromatic heterocycles. The number of sulfonamides is 1. The Bertz CT molecular complexity index is 844. The Morgan fingerprint density at radius 1 is 1.32 bits per heavy atom. The van der Waals surface area contributed by atoms with Crippen molar-refractivity contribution in [2.75, 3.05) is 11.9 Å². The van der Waals surface area contributed by atoms with Crippen molar-refractivity contribution in [2.45, 2.75) is 37.7 Å². The van der Waals surface area contributed by atoms with E-state index in [2.05, 4.69) is 10.0 Å². The summed E-state index contributed by atoms with van der Waals surface area (Å²) in [6.45, 7) is 4.83. The Balaban J connectivity index is 2.15. The molecule has 1 aromatic carbocycles. The minimum absolute atomic E-state index is 0.115. The molecule has 6 nitrogen and oxygen atoms in total. The van der Waals surface area contributed by atoms with E-state index >= 15 is 0 Å². The summed E-state index contributed by atoms with van der Waals surface area (Å²) < 4.78 is 27.6. The predicted molar refractivity (Wildman–Crippen MR) is 99.2 cm³/mol. The van der Waals surface area contributed by atoms with Crippen molar-refractivity contribution in [3.05, 3.63) is 46.2 Å². The van der Waals surface area contributed by atoms with Crippen LogP contribution in [-0.2, 0) is 20.4 Å². The fraction of sp³-hybridized carbons (Fsp3) is 0.353. The smallest absolute Gasteiger partial charge is 0.240 e. The normalized spacial score (nSPS) is 14.1. The Hall–Kier alpha value is -1.74. The number of rotatable bonds is 7. The molecule has 1 heterocycles. The molecule has 0 spiro atoms. The van der Waals surface area contributed by atoms with E-state index in [0.717, 1.165) is 0 Å². The van der Waals surface area contributed by atoms with Crippen LogP contribution >= 0.6 is 11.3 Å². The second-order valence-corrected chi connectivity index (χ2v) is 8.64. The van der Waals surface area contributed by atoms with Gasteiger partial charge in [0.15, 0.2) is 0 Å². The molecule has 136 valence electrons. The number of thiophene rings is 1. The summed E-state index contributed by atoms with van der Waals surface area (Å²) in [5.74, 6) is -0.139. The first-order valence-corrected chi connectivity index (χ1v) is 10.2. The van der Waals surface area contributed by atoms with Gasteiger partial charge in [0.25, 0.3) is 0 Å². The van der Waals surface area contributed by atoms with Crippen LogP contribution < -0.4 is 10.0 Å². The number of anilines is 1. The summed E-state index contributed by atoms with van der Waals surface area (Å²) in [6.07, 6.45) is 0.346. The van der Waals surface area contributed by atoms with Crippen molar-refractivity contribution in [2.24, 2.45) is 0 Å². The molecule has 0 aliphatic carbocycles. The van der Waals surface area contributed by atoms with Gasteiger partial charge in [-0.15, -0.1) is 11.3 Å². The summed E-state index contributed by atoms with van der Waals surface area (Å²) >= 11 is 1.36. The van der Waals surface area contributed by atoms with Gasteiger partial charge in [-0.3, -0.25) is 4.79 Å². The fourth-order valence-electron chi connectivity index (χ4n) is 2.26. The Labute approximate surface area is 151 Å². The molecular formula is C17H22N2O4S2. The van der Waals surface area contributed by atoms with E-state index in [9.17, 15) is 18.3 Å². The van der Waals surface area contributed by atoms with Crippen LogP contribution in [0.25, 0.3) is 0 Å². The second-order valence-electron chi connectivity index (χ2n) is 5.96. The number of amides is 1. The molecule has 0 saturated heterocycles. The molecule has 0 radical (unpaired) electrons. The van der Waals surface area contributed by atoms with Gasteiger partial charge >= 0.3 is 0 Å². The molecule has 0 saturated carbocycles. The Kier molecular flexibility index (Phi) is 5.99. The second kappa shape index (κ2) is 7.65. The van der Waals surface area contributed by atoms with Crippen molar-refractivity contribution < 1.29 is 18.3 Å². The molecule has 8 heteroatoms. The molecule has 3 N–H and O–H groups in total. The maximum absolute atomic E-state index is 12.6. The summed E-state index contributed by atoms with van der Waals surface area (Å²) in [5.41, 5.74) is -0.226.